The van der Waals surface area contributed by atoms with Crippen molar-refractivity contribution in [3.63, 3.8) is 0 Å². The monoisotopic (exact) mass is 286 g/mol. The Morgan fingerprint density at radius 2 is 2.15 bits per heavy atom. The third-order valence-electron chi connectivity index (χ3n) is 3.32. The summed E-state index contributed by atoms with van der Waals surface area (Å²) in [7, 11) is 0. The minimum absolute atomic E-state index is 0.0675. The van der Waals surface area contributed by atoms with Gasteiger partial charge in [-0.05, 0) is 23.6 Å². The van der Waals surface area contributed by atoms with Gasteiger partial charge in [0.15, 0.2) is 0 Å². The number of carbonyl (C=O) groups is 1. The number of hydrogen-bond donors (Lipinski definition) is 1. The minimum atomic E-state index is -0.0891. The fraction of sp³-hybridized carbons (Fsp3) is 0.200. The highest BCUT2D eigenvalue weighted by Crippen LogP contribution is 2.36. The quantitative estimate of drug-likeness (QED) is 0.922. The first kappa shape index (κ1) is 12.9. The van der Waals surface area contributed by atoms with Crippen LogP contribution in [0.4, 0.5) is 0 Å². The summed E-state index contributed by atoms with van der Waals surface area (Å²) >= 11 is 1.61. The Morgan fingerprint density at radius 1 is 1.35 bits per heavy atom. The average molecular weight is 286 g/mol. The van der Waals surface area contributed by atoms with Gasteiger partial charge in [-0.2, -0.15) is 5.10 Å². The zero-order valence-corrected chi connectivity index (χ0v) is 11.8. The van der Waals surface area contributed by atoms with Crippen LogP contribution in [0, 0.1) is 0 Å². The summed E-state index contributed by atoms with van der Waals surface area (Å²) in [5, 5.41) is 17.8. The van der Waals surface area contributed by atoms with E-state index in [2.05, 4.69) is 5.10 Å². The summed E-state index contributed by atoms with van der Waals surface area (Å²) in [6, 6.07) is 11.0. The van der Waals surface area contributed by atoms with E-state index in [9.17, 15) is 9.90 Å². The molecule has 2 aromatic rings. The van der Waals surface area contributed by atoms with Gasteiger partial charge in [0.1, 0.15) is 5.75 Å². The fourth-order valence-electron chi connectivity index (χ4n) is 2.38. The Bertz CT molecular complexity index is 664. The molecule has 3 rings (SSSR count). The highest BCUT2D eigenvalue weighted by molar-refractivity contribution is 7.10. The zero-order valence-electron chi connectivity index (χ0n) is 11.0. The molecule has 2 heterocycles. The van der Waals surface area contributed by atoms with Gasteiger partial charge in [-0.1, -0.05) is 18.2 Å². The van der Waals surface area contributed by atoms with Gasteiger partial charge in [0.05, 0.1) is 11.8 Å². The molecule has 0 aliphatic carbocycles. The molecule has 0 bridgehead atoms. The van der Waals surface area contributed by atoms with Gasteiger partial charge in [0.2, 0.25) is 5.91 Å². The number of amides is 1. The van der Waals surface area contributed by atoms with Crippen LogP contribution in [-0.2, 0) is 4.79 Å². The summed E-state index contributed by atoms with van der Waals surface area (Å²) in [4.78, 5) is 12.9. The first-order valence-corrected chi connectivity index (χ1v) is 7.24. The average Bonchev–Trinajstić information content (AvgIpc) is 3.08. The van der Waals surface area contributed by atoms with E-state index in [4.69, 9.17) is 0 Å². The Balaban J connectivity index is 1.97. The highest BCUT2D eigenvalue weighted by Gasteiger charge is 2.32. The number of hydrazone groups is 1. The third-order valence-corrected chi connectivity index (χ3v) is 4.29. The summed E-state index contributed by atoms with van der Waals surface area (Å²) < 4.78 is 0. The van der Waals surface area contributed by atoms with Crippen molar-refractivity contribution >= 4 is 23.0 Å². The summed E-state index contributed by atoms with van der Waals surface area (Å²) in [6.07, 6.45) is 0.623. The number of hydrogen-bond acceptors (Lipinski definition) is 4. The number of benzene rings is 1. The molecule has 4 nitrogen and oxygen atoms in total. The van der Waals surface area contributed by atoms with Crippen molar-refractivity contribution in [3.05, 3.63) is 52.2 Å². The molecule has 1 atom stereocenters. The SMILES string of the molecule is CC(=O)N1N=C(c2ccccc2O)CC1c1cccs1. The third kappa shape index (κ3) is 2.20. The van der Waals surface area contributed by atoms with E-state index in [0.717, 1.165) is 10.6 Å². The second-order valence-corrected chi connectivity index (χ2v) is 5.64. The van der Waals surface area contributed by atoms with Crippen molar-refractivity contribution in [2.24, 2.45) is 5.10 Å². The number of phenols is 1. The molecule has 0 spiro atoms. The van der Waals surface area contributed by atoms with Crippen molar-refractivity contribution in [2.45, 2.75) is 19.4 Å². The maximum absolute atomic E-state index is 11.8. The molecule has 102 valence electrons. The number of para-hydroxylation sites is 1. The number of aromatic hydroxyl groups is 1. The van der Waals surface area contributed by atoms with E-state index in [1.807, 2.05) is 29.6 Å². The van der Waals surface area contributed by atoms with Gasteiger partial charge in [0, 0.05) is 23.8 Å². The fourth-order valence-corrected chi connectivity index (χ4v) is 3.20. The lowest BCUT2D eigenvalue weighted by Crippen LogP contribution is -2.23. The standard InChI is InChI=1S/C15H14N2O2S/c1-10(18)17-13(15-7-4-8-20-15)9-12(16-17)11-5-2-3-6-14(11)19/h2-8,13,19H,9H2,1H3. The van der Waals surface area contributed by atoms with Gasteiger partial charge >= 0.3 is 0 Å². The van der Waals surface area contributed by atoms with Gasteiger partial charge in [-0.25, -0.2) is 5.01 Å². The molecule has 1 aliphatic heterocycles. The highest BCUT2D eigenvalue weighted by atomic mass is 32.1. The molecule has 5 heteroatoms. The van der Waals surface area contributed by atoms with Crippen LogP contribution in [0.1, 0.15) is 29.8 Å². The second kappa shape index (κ2) is 5.09. The van der Waals surface area contributed by atoms with E-state index >= 15 is 0 Å². The van der Waals surface area contributed by atoms with Gasteiger partial charge < -0.3 is 5.11 Å². The van der Waals surface area contributed by atoms with Crippen LogP contribution >= 0.6 is 11.3 Å². The van der Waals surface area contributed by atoms with Crippen LogP contribution in [-0.4, -0.2) is 21.7 Å². The largest absolute Gasteiger partial charge is 0.507 e. The lowest BCUT2D eigenvalue weighted by Gasteiger charge is -2.18. The molecule has 0 saturated carbocycles. The molecule has 1 aromatic carbocycles. The van der Waals surface area contributed by atoms with Gasteiger partial charge in [0.25, 0.3) is 0 Å². The number of thiophene rings is 1. The Labute approximate surface area is 121 Å². The number of carbonyl (C=O) groups excluding carboxylic acids is 1. The Hall–Kier alpha value is -2.14. The summed E-state index contributed by atoms with van der Waals surface area (Å²) in [5.74, 6) is 0.107. The molecule has 1 N–H and O–H groups in total. The molecule has 0 radical (unpaired) electrons. The van der Waals surface area contributed by atoms with Crippen molar-refractivity contribution in [1.82, 2.24) is 5.01 Å². The summed E-state index contributed by atoms with van der Waals surface area (Å²) in [6.45, 7) is 1.51. The number of rotatable bonds is 2. The normalized spacial score (nSPS) is 18.1. The molecule has 1 amide bonds. The predicted molar refractivity (Wildman–Crippen MR) is 78.8 cm³/mol. The van der Waals surface area contributed by atoms with Crippen LogP contribution in [0.25, 0.3) is 0 Å². The lowest BCUT2D eigenvalue weighted by atomic mass is 10.0. The maximum atomic E-state index is 11.8. The first-order valence-electron chi connectivity index (χ1n) is 6.36. The van der Waals surface area contributed by atoms with Gasteiger partial charge in [-0.3, -0.25) is 4.79 Å². The van der Waals surface area contributed by atoms with E-state index in [1.165, 1.54) is 11.9 Å². The van der Waals surface area contributed by atoms with E-state index in [0.29, 0.717) is 12.0 Å². The molecular formula is C15H14N2O2S. The minimum Gasteiger partial charge on any atom is -0.507 e. The molecule has 1 unspecified atom stereocenters. The van der Waals surface area contributed by atoms with Crippen LogP contribution in [0.5, 0.6) is 5.75 Å². The van der Waals surface area contributed by atoms with E-state index in [-0.39, 0.29) is 17.7 Å². The molecule has 1 aliphatic rings. The maximum Gasteiger partial charge on any atom is 0.240 e. The predicted octanol–water partition coefficient (Wildman–Crippen LogP) is 3.15. The molecular weight excluding hydrogens is 272 g/mol. The number of nitrogens with zero attached hydrogens (tertiary/aromatic N) is 2. The topological polar surface area (TPSA) is 52.9 Å². The van der Waals surface area contributed by atoms with Gasteiger partial charge in [-0.15, -0.1) is 11.3 Å². The van der Waals surface area contributed by atoms with E-state index in [1.54, 1.807) is 23.5 Å². The summed E-state index contributed by atoms with van der Waals surface area (Å²) in [5.41, 5.74) is 1.44. The smallest absolute Gasteiger partial charge is 0.240 e. The lowest BCUT2D eigenvalue weighted by molar-refractivity contribution is -0.130. The molecule has 0 fully saturated rings. The Morgan fingerprint density at radius 3 is 2.80 bits per heavy atom. The van der Waals surface area contributed by atoms with Crippen molar-refractivity contribution in [3.8, 4) is 5.75 Å². The van der Waals surface area contributed by atoms with Crippen LogP contribution in [0.3, 0.4) is 0 Å². The Kier molecular flexibility index (Phi) is 3.28. The van der Waals surface area contributed by atoms with Crippen LogP contribution < -0.4 is 0 Å². The van der Waals surface area contributed by atoms with Crippen molar-refractivity contribution in [1.29, 1.82) is 0 Å². The second-order valence-electron chi connectivity index (χ2n) is 4.66. The first-order chi connectivity index (χ1) is 9.66. The molecule has 1 aromatic heterocycles. The molecule has 20 heavy (non-hydrogen) atoms. The number of phenolic OH excluding ortho intramolecular Hbond substituents is 1. The zero-order chi connectivity index (χ0) is 14.1. The van der Waals surface area contributed by atoms with Crippen molar-refractivity contribution in [2.75, 3.05) is 0 Å². The van der Waals surface area contributed by atoms with Crippen LogP contribution in [0.2, 0.25) is 0 Å². The van der Waals surface area contributed by atoms with E-state index < -0.39 is 0 Å². The molecule has 0 saturated heterocycles. The van der Waals surface area contributed by atoms with Crippen LogP contribution in [0.15, 0.2) is 46.9 Å². The van der Waals surface area contributed by atoms with Crippen molar-refractivity contribution < 1.29 is 9.90 Å².